The highest BCUT2D eigenvalue weighted by Crippen LogP contribution is 2.31. The Bertz CT molecular complexity index is 557. The maximum atomic E-state index is 12.3. The van der Waals surface area contributed by atoms with Gasteiger partial charge in [0.25, 0.3) is 0 Å². The highest BCUT2D eigenvalue weighted by atomic mass is 19.4. The summed E-state index contributed by atoms with van der Waals surface area (Å²) in [6.45, 7) is 0. The molecule has 1 aliphatic rings. The van der Waals surface area contributed by atoms with Crippen molar-refractivity contribution in [2.45, 2.75) is 18.6 Å². The quantitative estimate of drug-likeness (QED) is 0.818. The molecule has 0 spiro atoms. The van der Waals surface area contributed by atoms with Gasteiger partial charge in [-0.2, -0.15) is 13.2 Å². The number of carbonyl (C=O) groups excluding carboxylic acids is 2. The van der Waals surface area contributed by atoms with Crippen LogP contribution in [0.3, 0.4) is 0 Å². The molecule has 0 aliphatic carbocycles. The second-order valence-corrected chi connectivity index (χ2v) is 4.26. The van der Waals surface area contributed by atoms with Gasteiger partial charge in [-0.15, -0.1) is 0 Å². The Labute approximate surface area is 112 Å². The zero-order valence-corrected chi connectivity index (χ0v) is 10.4. The van der Waals surface area contributed by atoms with Gasteiger partial charge in [-0.3, -0.25) is 4.79 Å². The monoisotopic (exact) mass is 288 g/mol. The highest BCUT2D eigenvalue weighted by molar-refractivity contribution is 6.04. The van der Waals surface area contributed by atoms with Gasteiger partial charge in [0, 0.05) is 0 Å². The lowest BCUT2D eigenvalue weighted by molar-refractivity contribution is -0.144. The Morgan fingerprint density at radius 3 is 2.65 bits per heavy atom. The summed E-state index contributed by atoms with van der Waals surface area (Å²) in [5.41, 5.74) is 0.769. The summed E-state index contributed by atoms with van der Waals surface area (Å²) in [4.78, 5) is 22.9. The van der Waals surface area contributed by atoms with Crippen LogP contribution in [0.5, 0.6) is 0 Å². The lowest BCUT2D eigenvalue weighted by Crippen LogP contribution is -2.41. The molecule has 1 unspecified atom stereocenters. The average Bonchev–Trinajstić information content (AvgIpc) is 2.36. The molecule has 20 heavy (non-hydrogen) atoms. The first-order valence-corrected chi connectivity index (χ1v) is 5.66. The van der Waals surface area contributed by atoms with E-state index in [1.54, 1.807) is 0 Å². The molecular formula is C12H11F3N2O3. The molecule has 2 N–H and O–H groups in total. The van der Waals surface area contributed by atoms with Crippen molar-refractivity contribution in [2.24, 2.45) is 0 Å². The predicted molar refractivity (Wildman–Crippen MR) is 64.5 cm³/mol. The van der Waals surface area contributed by atoms with E-state index in [2.05, 4.69) is 15.4 Å². The Morgan fingerprint density at radius 1 is 1.35 bits per heavy atom. The van der Waals surface area contributed by atoms with Gasteiger partial charge in [0.2, 0.25) is 5.91 Å². The van der Waals surface area contributed by atoms with Gasteiger partial charge in [-0.1, -0.05) is 0 Å². The molecule has 108 valence electrons. The molecule has 5 nitrogen and oxygen atoms in total. The van der Waals surface area contributed by atoms with Crippen LogP contribution in [-0.2, 0) is 9.53 Å². The first kappa shape index (κ1) is 14.2. The summed E-state index contributed by atoms with van der Waals surface area (Å²) < 4.78 is 41.5. The zero-order valence-electron chi connectivity index (χ0n) is 10.4. The summed E-state index contributed by atoms with van der Waals surface area (Å²) in [6, 6.07) is 2.78. The number of anilines is 2. The molecule has 0 fully saturated rings. The van der Waals surface area contributed by atoms with Crippen molar-refractivity contribution in [3.05, 3.63) is 23.8 Å². The average molecular weight is 288 g/mol. The van der Waals surface area contributed by atoms with Crippen molar-refractivity contribution in [2.75, 3.05) is 17.7 Å². The van der Waals surface area contributed by atoms with Crippen LogP contribution in [0, 0.1) is 0 Å². The number of hydrogen-bond donors (Lipinski definition) is 2. The number of methoxy groups -OCH3 is 1. The van der Waals surface area contributed by atoms with Crippen LogP contribution in [0.2, 0.25) is 0 Å². The number of benzene rings is 1. The zero-order chi connectivity index (χ0) is 14.9. The molecule has 1 aromatic carbocycles. The number of ether oxygens (including phenoxy) is 1. The van der Waals surface area contributed by atoms with Gasteiger partial charge in [0.05, 0.1) is 30.5 Å². The number of esters is 1. The van der Waals surface area contributed by atoms with Crippen LogP contribution in [0.25, 0.3) is 0 Å². The molecule has 0 radical (unpaired) electrons. The van der Waals surface area contributed by atoms with E-state index in [4.69, 9.17) is 0 Å². The van der Waals surface area contributed by atoms with Crippen molar-refractivity contribution in [1.29, 1.82) is 0 Å². The number of rotatable bonds is 2. The van der Waals surface area contributed by atoms with Gasteiger partial charge in [-0.05, 0) is 18.2 Å². The lowest BCUT2D eigenvalue weighted by atomic mass is 10.1. The van der Waals surface area contributed by atoms with Crippen molar-refractivity contribution in [3.8, 4) is 0 Å². The van der Waals surface area contributed by atoms with E-state index in [0.717, 1.165) is 0 Å². The second kappa shape index (κ2) is 5.03. The molecule has 0 saturated carbocycles. The number of amides is 1. The minimum absolute atomic E-state index is 0.197. The molecule has 0 aromatic heterocycles. The lowest BCUT2D eigenvalue weighted by Gasteiger charge is -2.27. The fraction of sp³-hybridized carbons (Fsp3) is 0.333. The normalized spacial score (nSPS) is 17.8. The smallest absolute Gasteiger partial charge is 0.391 e. The fourth-order valence-corrected chi connectivity index (χ4v) is 1.87. The van der Waals surface area contributed by atoms with E-state index < -0.39 is 30.5 Å². The van der Waals surface area contributed by atoms with Gasteiger partial charge in [-0.25, -0.2) is 4.79 Å². The van der Waals surface area contributed by atoms with Crippen LogP contribution >= 0.6 is 0 Å². The van der Waals surface area contributed by atoms with Crippen LogP contribution in [-0.4, -0.2) is 31.2 Å². The van der Waals surface area contributed by atoms with E-state index in [1.807, 2.05) is 0 Å². The number of carbonyl (C=O) groups is 2. The van der Waals surface area contributed by atoms with E-state index >= 15 is 0 Å². The molecule has 8 heteroatoms. The molecule has 1 amide bonds. The maximum Gasteiger partial charge on any atom is 0.391 e. The summed E-state index contributed by atoms with van der Waals surface area (Å²) in [5.74, 6) is -1.39. The summed E-state index contributed by atoms with van der Waals surface area (Å²) >= 11 is 0. The molecular weight excluding hydrogens is 277 g/mol. The summed E-state index contributed by atoms with van der Waals surface area (Å²) in [6.07, 6.45) is -5.71. The van der Waals surface area contributed by atoms with Gasteiger partial charge < -0.3 is 15.4 Å². The Morgan fingerprint density at radius 2 is 2.05 bits per heavy atom. The number of alkyl halides is 3. The first-order valence-electron chi connectivity index (χ1n) is 5.66. The largest absolute Gasteiger partial charge is 0.465 e. The topological polar surface area (TPSA) is 67.4 Å². The molecule has 1 atom stereocenters. The number of hydrogen-bond acceptors (Lipinski definition) is 4. The third-order valence-corrected chi connectivity index (χ3v) is 2.78. The number of nitrogens with one attached hydrogen (secondary N) is 2. The van der Waals surface area contributed by atoms with Crippen LogP contribution in [0.1, 0.15) is 16.8 Å². The number of halogens is 3. The summed E-state index contributed by atoms with van der Waals surface area (Å²) in [5, 5.41) is 4.85. The minimum Gasteiger partial charge on any atom is -0.465 e. The first-order chi connectivity index (χ1) is 9.30. The van der Waals surface area contributed by atoms with Crippen molar-refractivity contribution >= 4 is 23.3 Å². The van der Waals surface area contributed by atoms with Gasteiger partial charge >= 0.3 is 12.1 Å². The Kier molecular flexibility index (Phi) is 3.56. The van der Waals surface area contributed by atoms with Gasteiger partial charge in [0.15, 0.2) is 0 Å². The van der Waals surface area contributed by atoms with E-state index in [1.165, 1.54) is 25.3 Å². The molecule has 0 saturated heterocycles. The van der Waals surface area contributed by atoms with E-state index in [0.29, 0.717) is 5.69 Å². The summed E-state index contributed by atoms with van der Waals surface area (Å²) in [7, 11) is 1.21. The molecule has 2 rings (SSSR count). The molecule has 1 aliphatic heterocycles. The van der Waals surface area contributed by atoms with Crippen molar-refractivity contribution < 1.29 is 27.5 Å². The van der Waals surface area contributed by atoms with Crippen molar-refractivity contribution in [3.63, 3.8) is 0 Å². The molecule has 1 heterocycles. The maximum absolute atomic E-state index is 12.3. The third kappa shape index (κ3) is 3.01. The Hall–Kier alpha value is -2.25. The molecule has 1 aromatic rings. The van der Waals surface area contributed by atoms with Gasteiger partial charge in [0.1, 0.15) is 6.04 Å². The second-order valence-electron chi connectivity index (χ2n) is 4.26. The van der Waals surface area contributed by atoms with E-state index in [9.17, 15) is 22.8 Å². The standard InChI is InChI=1S/C12H11F3N2O3/c1-20-11(19)6-2-3-7-8(4-6)17-10(18)9(16-7)5-12(13,14)15/h2-4,9,16H,5H2,1H3,(H,17,18). The minimum atomic E-state index is -4.45. The van der Waals surface area contributed by atoms with Crippen LogP contribution in [0.15, 0.2) is 18.2 Å². The van der Waals surface area contributed by atoms with Crippen molar-refractivity contribution in [1.82, 2.24) is 0 Å². The molecule has 0 bridgehead atoms. The van der Waals surface area contributed by atoms with Crippen LogP contribution in [0.4, 0.5) is 24.5 Å². The highest BCUT2D eigenvalue weighted by Gasteiger charge is 2.37. The number of fused-ring (bicyclic) bond motifs is 1. The predicted octanol–water partition coefficient (Wildman–Crippen LogP) is 2.16. The van der Waals surface area contributed by atoms with Crippen LogP contribution < -0.4 is 10.6 Å². The Balaban J connectivity index is 2.23. The third-order valence-electron chi connectivity index (χ3n) is 2.78. The SMILES string of the molecule is COC(=O)c1ccc2c(c1)NC(=O)C(CC(F)(F)F)N2. The van der Waals surface area contributed by atoms with E-state index in [-0.39, 0.29) is 11.3 Å². The fourth-order valence-electron chi connectivity index (χ4n) is 1.87.